The number of hydrogen-bond donors (Lipinski definition) is 1. The van der Waals surface area contributed by atoms with Gasteiger partial charge < -0.3 is 5.32 Å². The van der Waals surface area contributed by atoms with Crippen molar-refractivity contribution in [3.8, 4) is 0 Å². The van der Waals surface area contributed by atoms with Crippen molar-refractivity contribution in [2.45, 2.75) is 39.7 Å². The molecule has 0 aliphatic carbocycles. The van der Waals surface area contributed by atoms with Gasteiger partial charge in [0.25, 0.3) is 0 Å². The maximum absolute atomic E-state index is 6.26. The van der Waals surface area contributed by atoms with Crippen LogP contribution in [0.1, 0.15) is 54.6 Å². The number of aromatic nitrogens is 1. The largest absolute Gasteiger partial charge is 0.305 e. The van der Waals surface area contributed by atoms with Crippen molar-refractivity contribution >= 4 is 22.9 Å². The molecule has 0 spiro atoms. The van der Waals surface area contributed by atoms with Crippen LogP contribution in [0.4, 0.5) is 0 Å². The summed E-state index contributed by atoms with van der Waals surface area (Å²) in [6.45, 7) is 9.37. The number of rotatable bonds is 5. The van der Waals surface area contributed by atoms with Crippen molar-refractivity contribution in [1.29, 1.82) is 0 Å². The van der Waals surface area contributed by atoms with E-state index in [4.69, 9.17) is 16.6 Å². The molecule has 0 fully saturated rings. The quantitative estimate of drug-likeness (QED) is 0.847. The first-order valence-corrected chi connectivity index (χ1v) is 8.23. The molecule has 0 radical (unpaired) electrons. The monoisotopic (exact) mass is 308 g/mol. The van der Waals surface area contributed by atoms with Gasteiger partial charge in [0.15, 0.2) is 0 Å². The Morgan fingerprint density at radius 2 is 2.10 bits per heavy atom. The average molecular weight is 309 g/mol. The molecule has 1 atom stereocenters. The van der Waals surface area contributed by atoms with Crippen LogP contribution in [0.25, 0.3) is 0 Å². The maximum Gasteiger partial charge on any atom is 0.114 e. The van der Waals surface area contributed by atoms with Crippen LogP contribution in [0.3, 0.4) is 0 Å². The van der Waals surface area contributed by atoms with E-state index in [-0.39, 0.29) is 6.04 Å². The van der Waals surface area contributed by atoms with Crippen molar-refractivity contribution in [3.63, 3.8) is 0 Å². The van der Waals surface area contributed by atoms with Crippen molar-refractivity contribution < 1.29 is 0 Å². The first-order valence-electron chi connectivity index (χ1n) is 6.97. The van der Waals surface area contributed by atoms with Crippen molar-refractivity contribution in [2.75, 3.05) is 6.54 Å². The number of nitrogens with one attached hydrogen (secondary N) is 1. The van der Waals surface area contributed by atoms with Gasteiger partial charge in [0, 0.05) is 10.4 Å². The van der Waals surface area contributed by atoms with Crippen LogP contribution in [0.2, 0.25) is 5.02 Å². The van der Waals surface area contributed by atoms with Crippen LogP contribution in [-0.4, -0.2) is 11.5 Å². The Morgan fingerprint density at radius 1 is 1.35 bits per heavy atom. The summed E-state index contributed by atoms with van der Waals surface area (Å²) < 4.78 is 0. The summed E-state index contributed by atoms with van der Waals surface area (Å²) in [4.78, 5) is 4.77. The standard InChI is InChI=1S/C16H21ClN2S/c1-5-18-15(12-7-6-11(4)13(17)8-12)16-19-14(9-20-16)10(2)3/h6-10,15,18H,5H2,1-4H3. The lowest BCUT2D eigenvalue weighted by Gasteiger charge is -2.17. The van der Waals surface area contributed by atoms with Crippen LogP contribution < -0.4 is 5.32 Å². The molecule has 0 bridgehead atoms. The van der Waals surface area contributed by atoms with Gasteiger partial charge in [-0.05, 0) is 36.6 Å². The first kappa shape index (κ1) is 15.5. The van der Waals surface area contributed by atoms with Gasteiger partial charge in [-0.25, -0.2) is 4.98 Å². The Bertz CT molecular complexity index is 578. The Hall–Kier alpha value is -0.900. The Kier molecular flexibility index (Phi) is 5.19. The fourth-order valence-electron chi connectivity index (χ4n) is 2.04. The Morgan fingerprint density at radius 3 is 2.65 bits per heavy atom. The van der Waals surface area contributed by atoms with Gasteiger partial charge >= 0.3 is 0 Å². The zero-order valence-electron chi connectivity index (χ0n) is 12.4. The van der Waals surface area contributed by atoms with E-state index >= 15 is 0 Å². The Labute approximate surface area is 130 Å². The summed E-state index contributed by atoms with van der Waals surface area (Å²) >= 11 is 7.97. The van der Waals surface area contributed by atoms with Crippen molar-refractivity contribution in [2.24, 2.45) is 0 Å². The molecule has 0 aliphatic heterocycles. The Balaban J connectivity index is 2.36. The van der Waals surface area contributed by atoms with Crippen LogP contribution in [-0.2, 0) is 0 Å². The lowest BCUT2D eigenvalue weighted by molar-refractivity contribution is 0.623. The molecule has 0 aliphatic rings. The third-order valence-corrected chi connectivity index (χ3v) is 4.65. The van der Waals surface area contributed by atoms with Crippen LogP contribution in [0.5, 0.6) is 0 Å². The number of aryl methyl sites for hydroxylation is 1. The summed E-state index contributed by atoms with van der Waals surface area (Å²) in [7, 11) is 0. The fourth-order valence-corrected chi connectivity index (χ4v) is 3.31. The highest BCUT2D eigenvalue weighted by molar-refractivity contribution is 7.09. The fraction of sp³-hybridized carbons (Fsp3) is 0.438. The molecular formula is C16H21ClN2S. The van der Waals surface area contributed by atoms with E-state index in [2.05, 4.69) is 43.6 Å². The molecule has 1 N–H and O–H groups in total. The van der Waals surface area contributed by atoms with Gasteiger partial charge in [-0.3, -0.25) is 0 Å². The third-order valence-electron chi connectivity index (χ3n) is 3.32. The molecule has 108 valence electrons. The zero-order chi connectivity index (χ0) is 14.7. The molecule has 1 heterocycles. The van der Waals surface area contributed by atoms with E-state index in [1.165, 1.54) is 5.56 Å². The molecule has 1 aromatic heterocycles. The molecule has 1 aromatic carbocycles. The van der Waals surface area contributed by atoms with E-state index in [0.29, 0.717) is 5.92 Å². The van der Waals surface area contributed by atoms with Gasteiger partial charge in [-0.2, -0.15) is 0 Å². The van der Waals surface area contributed by atoms with Crippen molar-refractivity contribution in [1.82, 2.24) is 10.3 Å². The van der Waals surface area contributed by atoms with Gasteiger partial charge in [0.1, 0.15) is 5.01 Å². The predicted octanol–water partition coefficient (Wildman–Crippen LogP) is 4.93. The van der Waals surface area contributed by atoms with Crippen LogP contribution in [0.15, 0.2) is 23.6 Å². The van der Waals surface area contributed by atoms with E-state index in [1.54, 1.807) is 11.3 Å². The lowest BCUT2D eigenvalue weighted by atomic mass is 10.1. The number of thiazole rings is 1. The predicted molar refractivity (Wildman–Crippen MR) is 87.9 cm³/mol. The van der Waals surface area contributed by atoms with E-state index < -0.39 is 0 Å². The molecule has 2 rings (SSSR count). The number of nitrogens with zero attached hydrogens (tertiary/aromatic N) is 1. The SMILES string of the molecule is CCNC(c1ccc(C)c(Cl)c1)c1nc(C(C)C)cs1. The third kappa shape index (κ3) is 3.40. The first-order chi connectivity index (χ1) is 9.52. The highest BCUT2D eigenvalue weighted by Gasteiger charge is 2.18. The number of halogens is 1. The second-order valence-corrected chi connectivity index (χ2v) is 6.56. The van der Waals surface area contributed by atoms with Gasteiger partial charge in [-0.15, -0.1) is 11.3 Å². The van der Waals surface area contributed by atoms with Gasteiger partial charge in [-0.1, -0.05) is 44.5 Å². The molecule has 4 heteroatoms. The zero-order valence-corrected chi connectivity index (χ0v) is 14.0. The smallest absolute Gasteiger partial charge is 0.114 e. The topological polar surface area (TPSA) is 24.9 Å². The van der Waals surface area contributed by atoms with E-state index in [0.717, 1.165) is 27.8 Å². The van der Waals surface area contributed by atoms with Crippen LogP contribution >= 0.6 is 22.9 Å². The molecular weight excluding hydrogens is 288 g/mol. The molecule has 20 heavy (non-hydrogen) atoms. The molecule has 1 unspecified atom stereocenters. The van der Waals surface area contributed by atoms with Crippen molar-refractivity contribution in [3.05, 3.63) is 50.4 Å². The number of benzene rings is 1. The average Bonchev–Trinajstić information content (AvgIpc) is 2.89. The highest BCUT2D eigenvalue weighted by atomic mass is 35.5. The lowest BCUT2D eigenvalue weighted by Crippen LogP contribution is -2.22. The number of hydrogen-bond acceptors (Lipinski definition) is 3. The summed E-state index contributed by atoms with van der Waals surface area (Å²) in [6.07, 6.45) is 0. The van der Waals surface area contributed by atoms with Gasteiger partial charge in [0.05, 0.1) is 11.7 Å². The minimum Gasteiger partial charge on any atom is -0.305 e. The summed E-state index contributed by atoms with van der Waals surface area (Å²) in [5.74, 6) is 0.462. The van der Waals surface area contributed by atoms with Gasteiger partial charge in [0.2, 0.25) is 0 Å². The molecule has 0 amide bonds. The summed E-state index contributed by atoms with van der Waals surface area (Å²) in [5.41, 5.74) is 3.44. The second-order valence-electron chi connectivity index (χ2n) is 5.26. The van der Waals surface area contributed by atoms with E-state index in [1.807, 2.05) is 13.0 Å². The molecule has 2 nitrogen and oxygen atoms in total. The second kappa shape index (κ2) is 6.70. The van der Waals surface area contributed by atoms with Crippen LogP contribution in [0, 0.1) is 6.92 Å². The normalized spacial score (nSPS) is 12.9. The molecule has 0 saturated heterocycles. The molecule has 2 aromatic rings. The summed E-state index contributed by atoms with van der Waals surface area (Å²) in [5, 5.41) is 7.57. The minimum atomic E-state index is 0.121. The van der Waals surface area contributed by atoms with E-state index in [9.17, 15) is 0 Å². The summed E-state index contributed by atoms with van der Waals surface area (Å²) in [6, 6.07) is 6.36. The molecule has 0 saturated carbocycles. The highest BCUT2D eigenvalue weighted by Crippen LogP contribution is 2.29. The minimum absolute atomic E-state index is 0.121. The maximum atomic E-state index is 6.26.